The first kappa shape index (κ1) is 19.0. The van der Waals surface area contributed by atoms with E-state index in [-0.39, 0.29) is 11.8 Å². The smallest absolute Gasteiger partial charge is 0.289 e. The van der Waals surface area contributed by atoms with Crippen LogP contribution in [0.3, 0.4) is 0 Å². The number of nitriles is 1. The van der Waals surface area contributed by atoms with Gasteiger partial charge < -0.3 is 19.5 Å². The zero-order valence-corrected chi connectivity index (χ0v) is 15.6. The Hall–Kier alpha value is -2.76. The number of anilines is 1. The van der Waals surface area contributed by atoms with E-state index in [2.05, 4.69) is 11.4 Å². The molecule has 0 spiro atoms. The molecular weight excluding hydrogens is 364 g/mol. The lowest BCUT2D eigenvalue weighted by molar-refractivity contribution is -0.895. The van der Waals surface area contributed by atoms with Crippen LogP contribution in [0.1, 0.15) is 10.6 Å². The highest BCUT2D eigenvalue weighted by Crippen LogP contribution is 2.26. The number of para-hydroxylation sites is 1. The van der Waals surface area contributed by atoms with Crippen molar-refractivity contribution >= 4 is 29.3 Å². The number of hydrogen-bond donors (Lipinski definition) is 2. The van der Waals surface area contributed by atoms with Crippen LogP contribution in [-0.2, 0) is 4.79 Å². The Balaban J connectivity index is 1.49. The molecule has 1 aliphatic rings. The van der Waals surface area contributed by atoms with Gasteiger partial charge in [0.25, 0.3) is 11.8 Å². The van der Waals surface area contributed by atoms with Crippen LogP contribution in [0.5, 0.6) is 0 Å². The van der Waals surface area contributed by atoms with Crippen LogP contribution in [0.25, 0.3) is 0 Å². The Labute approximate surface area is 161 Å². The van der Waals surface area contributed by atoms with Gasteiger partial charge in [-0.3, -0.25) is 9.59 Å². The second kappa shape index (κ2) is 9.26. The van der Waals surface area contributed by atoms with Crippen LogP contribution in [0.2, 0.25) is 0 Å². The number of nitrogens with one attached hydrogen (secondary N) is 2. The summed E-state index contributed by atoms with van der Waals surface area (Å²) in [5, 5.41) is 11.7. The molecule has 0 saturated carbocycles. The number of benzene rings is 1. The van der Waals surface area contributed by atoms with Gasteiger partial charge >= 0.3 is 0 Å². The summed E-state index contributed by atoms with van der Waals surface area (Å²) in [6.45, 7) is 2.96. The average Bonchev–Trinajstić information content (AvgIpc) is 3.22. The fraction of sp³-hybridized carbons (Fsp3) is 0.316. The predicted octanol–water partition coefficient (Wildman–Crippen LogP) is 0.875. The summed E-state index contributed by atoms with van der Waals surface area (Å²) in [6, 6.07) is 12.9. The van der Waals surface area contributed by atoms with Crippen LogP contribution in [0.15, 0.2) is 52.0 Å². The Morgan fingerprint density at radius 1 is 1.22 bits per heavy atom. The van der Waals surface area contributed by atoms with Gasteiger partial charge in [0, 0.05) is 4.90 Å². The number of piperazine rings is 1. The minimum absolute atomic E-state index is 0.0687. The molecule has 1 aliphatic heterocycles. The van der Waals surface area contributed by atoms with Crippen molar-refractivity contribution in [1.82, 2.24) is 4.90 Å². The second-order valence-corrected chi connectivity index (χ2v) is 7.20. The molecule has 2 amide bonds. The number of furan rings is 1. The Morgan fingerprint density at radius 3 is 2.70 bits per heavy atom. The first-order chi connectivity index (χ1) is 13.2. The van der Waals surface area contributed by atoms with Crippen molar-refractivity contribution in [3.8, 4) is 6.07 Å². The van der Waals surface area contributed by atoms with Gasteiger partial charge in [-0.25, -0.2) is 0 Å². The normalized spacial score (nSPS) is 14.6. The molecule has 2 heterocycles. The van der Waals surface area contributed by atoms with Crippen LogP contribution < -0.4 is 10.2 Å². The second-order valence-electron chi connectivity index (χ2n) is 6.19. The molecule has 0 radical (unpaired) electrons. The molecule has 1 fully saturated rings. The lowest BCUT2D eigenvalue weighted by Gasteiger charge is -2.31. The number of quaternary nitrogens is 1. The topological polar surface area (TPSA) is 90.8 Å². The molecule has 2 aromatic rings. The lowest BCUT2D eigenvalue weighted by atomic mass is 10.2. The minimum atomic E-state index is -0.105. The largest absolute Gasteiger partial charge is 0.459 e. The number of rotatable bonds is 6. The first-order valence-corrected chi connectivity index (χ1v) is 9.71. The van der Waals surface area contributed by atoms with Gasteiger partial charge in [0.15, 0.2) is 12.3 Å². The van der Waals surface area contributed by atoms with Gasteiger partial charge in [0.05, 0.1) is 50.0 Å². The highest BCUT2D eigenvalue weighted by atomic mass is 32.2. The van der Waals surface area contributed by atoms with Crippen molar-refractivity contribution < 1.29 is 18.9 Å². The van der Waals surface area contributed by atoms with Crippen LogP contribution in [0, 0.1) is 11.3 Å². The highest BCUT2D eigenvalue weighted by molar-refractivity contribution is 7.99. The quantitative estimate of drug-likeness (QED) is 0.721. The van der Waals surface area contributed by atoms with Gasteiger partial charge in [-0.05, 0) is 24.3 Å². The third kappa shape index (κ3) is 5.12. The van der Waals surface area contributed by atoms with Crippen molar-refractivity contribution in [2.75, 3.05) is 43.8 Å². The van der Waals surface area contributed by atoms with E-state index in [0.717, 1.165) is 15.5 Å². The fourth-order valence-corrected chi connectivity index (χ4v) is 3.66. The van der Waals surface area contributed by atoms with Crippen molar-refractivity contribution in [2.24, 2.45) is 0 Å². The zero-order valence-electron chi connectivity index (χ0n) is 14.8. The standard InChI is InChI=1S/C19H20N4O3S/c20-7-13-27-17-6-2-1-4-15(17)21-18(24)14-22-8-10-23(11-9-22)19(25)16-5-3-12-26-16/h1-6,12H,8-11,13-14H2,(H,21,24)/p+1. The maximum atomic E-state index is 12.4. The van der Waals surface area contributed by atoms with Gasteiger partial charge in [-0.15, -0.1) is 11.8 Å². The van der Waals surface area contributed by atoms with Crippen LogP contribution in [-0.4, -0.2) is 55.2 Å². The van der Waals surface area contributed by atoms with Crippen molar-refractivity contribution in [2.45, 2.75) is 4.90 Å². The summed E-state index contributed by atoms with van der Waals surface area (Å²) in [4.78, 5) is 28.5. The number of carbonyl (C=O) groups is 2. The molecule has 8 heteroatoms. The summed E-state index contributed by atoms with van der Waals surface area (Å²) in [5.74, 6) is 0.513. The van der Waals surface area contributed by atoms with Gasteiger partial charge in [0.1, 0.15) is 0 Å². The summed E-state index contributed by atoms with van der Waals surface area (Å²) < 4.78 is 5.16. The Morgan fingerprint density at radius 2 is 2.00 bits per heavy atom. The third-order valence-corrected chi connectivity index (χ3v) is 5.29. The van der Waals surface area contributed by atoms with E-state index in [4.69, 9.17) is 9.68 Å². The van der Waals surface area contributed by atoms with Gasteiger partial charge in [0.2, 0.25) is 0 Å². The van der Waals surface area contributed by atoms with E-state index in [1.807, 2.05) is 24.3 Å². The number of carbonyl (C=O) groups excluding carboxylic acids is 2. The summed E-state index contributed by atoms with van der Waals surface area (Å²) in [7, 11) is 0. The predicted molar refractivity (Wildman–Crippen MR) is 102 cm³/mol. The maximum Gasteiger partial charge on any atom is 0.289 e. The van der Waals surface area contributed by atoms with E-state index in [1.54, 1.807) is 17.0 Å². The van der Waals surface area contributed by atoms with E-state index in [0.29, 0.717) is 44.2 Å². The monoisotopic (exact) mass is 385 g/mol. The van der Waals surface area contributed by atoms with E-state index >= 15 is 0 Å². The molecule has 1 aromatic carbocycles. The molecule has 2 N–H and O–H groups in total. The van der Waals surface area contributed by atoms with Crippen molar-refractivity contribution in [3.63, 3.8) is 0 Å². The third-order valence-electron chi connectivity index (χ3n) is 4.35. The molecular formula is C19H21N4O3S+. The molecule has 0 aliphatic carbocycles. The summed E-state index contributed by atoms with van der Waals surface area (Å²) in [6.07, 6.45) is 1.49. The fourth-order valence-electron chi connectivity index (χ4n) is 2.99. The molecule has 7 nitrogen and oxygen atoms in total. The number of nitrogens with zero attached hydrogens (tertiary/aromatic N) is 2. The van der Waals surface area contributed by atoms with Crippen molar-refractivity contribution in [1.29, 1.82) is 5.26 Å². The number of amides is 2. The van der Waals surface area contributed by atoms with Crippen molar-refractivity contribution in [3.05, 3.63) is 48.4 Å². The van der Waals surface area contributed by atoms with Gasteiger partial charge in [-0.1, -0.05) is 12.1 Å². The molecule has 27 heavy (non-hydrogen) atoms. The van der Waals surface area contributed by atoms with E-state index in [9.17, 15) is 9.59 Å². The molecule has 1 saturated heterocycles. The SMILES string of the molecule is N#CCSc1ccccc1NC(=O)C[NH+]1CCN(C(=O)c2ccco2)CC1. The molecule has 1 aromatic heterocycles. The first-order valence-electron chi connectivity index (χ1n) is 8.72. The molecule has 140 valence electrons. The molecule has 0 bridgehead atoms. The maximum absolute atomic E-state index is 12.4. The minimum Gasteiger partial charge on any atom is -0.459 e. The van der Waals surface area contributed by atoms with E-state index in [1.165, 1.54) is 18.0 Å². The average molecular weight is 385 g/mol. The van der Waals surface area contributed by atoms with E-state index < -0.39 is 0 Å². The van der Waals surface area contributed by atoms with Gasteiger partial charge in [-0.2, -0.15) is 5.26 Å². The number of thioether (sulfide) groups is 1. The summed E-state index contributed by atoms with van der Waals surface area (Å²) >= 11 is 1.40. The highest BCUT2D eigenvalue weighted by Gasteiger charge is 2.27. The summed E-state index contributed by atoms with van der Waals surface area (Å²) in [5.41, 5.74) is 0.730. The number of hydrogen-bond acceptors (Lipinski definition) is 5. The molecule has 0 unspecified atom stereocenters. The Bertz CT molecular complexity index is 824. The zero-order chi connectivity index (χ0) is 19.1. The molecule has 0 atom stereocenters. The van der Waals surface area contributed by atoms with Crippen LogP contribution in [0.4, 0.5) is 5.69 Å². The lowest BCUT2D eigenvalue weighted by Crippen LogP contribution is -3.15. The van der Waals surface area contributed by atoms with Crippen LogP contribution >= 0.6 is 11.8 Å². The molecule has 3 rings (SSSR count). The Kier molecular flexibility index (Phi) is 6.52.